The summed E-state index contributed by atoms with van der Waals surface area (Å²) in [7, 11) is 0. The molecule has 1 aliphatic rings. The summed E-state index contributed by atoms with van der Waals surface area (Å²) in [6, 6.07) is 23.1. The smallest absolute Gasteiger partial charge is 0.410 e. The molecule has 3 aromatic carbocycles. The van der Waals surface area contributed by atoms with E-state index in [4.69, 9.17) is 14.1 Å². The fourth-order valence-electron chi connectivity index (χ4n) is 4.59. The number of aromatic nitrogens is 1. The quantitative estimate of drug-likeness (QED) is 0.294. The lowest BCUT2D eigenvalue weighted by Gasteiger charge is -2.35. The maximum Gasteiger partial charge on any atom is 0.410 e. The van der Waals surface area contributed by atoms with Crippen LogP contribution in [0.5, 0.6) is 0 Å². The maximum atomic E-state index is 12.7. The number of piperazine rings is 1. The summed E-state index contributed by atoms with van der Waals surface area (Å²) in [5.41, 5.74) is 4.29. The first-order valence-electron chi connectivity index (χ1n) is 13.5. The van der Waals surface area contributed by atoms with Gasteiger partial charge in [-0.1, -0.05) is 54.6 Å². The summed E-state index contributed by atoms with van der Waals surface area (Å²) >= 11 is 0. The summed E-state index contributed by atoms with van der Waals surface area (Å²) in [6.07, 6.45) is 3.02. The molecule has 8 heteroatoms. The Morgan fingerprint density at radius 3 is 2.42 bits per heavy atom. The van der Waals surface area contributed by atoms with Gasteiger partial charge in [-0.05, 0) is 56.2 Å². The summed E-state index contributed by atoms with van der Waals surface area (Å²) in [4.78, 5) is 34.0. The van der Waals surface area contributed by atoms with Crippen LogP contribution in [0, 0.1) is 0 Å². The van der Waals surface area contributed by atoms with Crippen LogP contribution >= 0.6 is 0 Å². The van der Waals surface area contributed by atoms with Crippen molar-refractivity contribution in [1.29, 1.82) is 0 Å². The van der Waals surface area contributed by atoms with Crippen LogP contribution < -0.4 is 5.32 Å². The van der Waals surface area contributed by atoms with Crippen LogP contribution in [0.2, 0.25) is 0 Å². The van der Waals surface area contributed by atoms with Crippen molar-refractivity contribution in [3.05, 3.63) is 90.0 Å². The van der Waals surface area contributed by atoms with Gasteiger partial charge in [0.1, 0.15) is 11.1 Å². The molecule has 8 nitrogen and oxygen atoms in total. The monoisotopic (exact) mass is 538 g/mol. The van der Waals surface area contributed by atoms with E-state index in [-0.39, 0.29) is 12.0 Å². The first-order chi connectivity index (χ1) is 19.2. The molecular weight excluding hydrogens is 504 g/mol. The third kappa shape index (κ3) is 6.76. The van der Waals surface area contributed by atoms with Gasteiger partial charge in [-0.2, -0.15) is 0 Å². The van der Waals surface area contributed by atoms with Crippen LogP contribution in [-0.4, -0.2) is 58.6 Å². The minimum absolute atomic E-state index is 0.237. The van der Waals surface area contributed by atoms with Gasteiger partial charge in [0.15, 0.2) is 5.58 Å². The Bertz CT molecular complexity index is 1510. The molecule has 0 radical (unpaired) electrons. The molecule has 0 aliphatic carbocycles. The van der Waals surface area contributed by atoms with E-state index in [9.17, 15) is 9.59 Å². The molecule has 0 atom stereocenters. The topological polar surface area (TPSA) is 87.9 Å². The number of nitrogens with one attached hydrogen (secondary N) is 1. The van der Waals surface area contributed by atoms with Crippen LogP contribution in [0.15, 0.2) is 83.3 Å². The van der Waals surface area contributed by atoms with Crippen LogP contribution in [0.3, 0.4) is 0 Å². The largest absolute Gasteiger partial charge is 0.444 e. The van der Waals surface area contributed by atoms with E-state index in [0.717, 1.165) is 29.7 Å². The summed E-state index contributed by atoms with van der Waals surface area (Å²) < 4.78 is 11.7. The summed E-state index contributed by atoms with van der Waals surface area (Å²) in [6.45, 7) is 9.03. The number of hydrogen-bond acceptors (Lipinski definition) is 6. The molecule has 0 saturated carbocycles. The fraction of sp³-hybridized carbons (Fsp3) is 0.281. The number of hydrogen-bond donors (Lipinski definition) is 1. The molecular formula is C32H34N4O4. The number of ether oxygens (including phenoxy) is 1. The zero-order valence-electron chi connectivity index (χ0n) is 23.1. The second-order valence-electron chi connectivity index (χ2n) is 10.8. The Kier molecular flexibility index (Phi) is 7.98. The number of benzene rings is 3. The van der Waals surface area contributed by atoms with Gasteiger partial charge in [-0.3, -0.25) is 9.69 Å². The predicted octanol–water partition coefficient (Wildman–Crippen LogP) is 6.20. The number of carbonyl (C=O) groups excluding carboxylic acids is 2. The van der Waals surface area contributed by atoms with Crippen LogP contribution in [0.4, 0.5) is 10.5 Å². The number of oxazole rings is 1. The van der Waals surface area contributed by atoms with E-state index in [1.807, 2.05) is 87.5 Å². The van der Waals surface area contributed by atoms with Crippen molar-refractivity contribution in [2.75, 3.05) is 31.5 Å². The molecule has 5 rings (SSSR count). The molecule has 206 valence electrons. The molecule has 4 aromatic rings. The highest BCUT2D eigenvalue weighted by Crippen LogP contribution is 2.32. The number of para-hydroxylation sites is 2. The van der Waals surface area contributed by atoms with Crippen LogP contribution in [-0.2, 0) is 16.1 Å². The van der Waals surface area contributed by atoms with Gasteiger partial charge in [0.25, 0.3) is 0 Å². The molecule has 2 amide bonds. The lowest BCUT2D eigenvalue weighted by molar-refractivity contribution is -0.111. The van der Waals surface area contributed by atoms with Crippen molar-refractivity contribution in [3.63, 3.8) is 0 Å². The predicted molar refractivity (Wildman–Crippen MR) is 157 cm³/mol. The Morgan fingerprint density at radius 1 is 0.950 bits per heavy atom. The Hall–Kier alpha value is -4.43. The Balaban J connectivity index is 1.29. The average molecular weight is 539 g/mol. The molecule has 1 aliphatic heterocycles. The van der Waals surface area contributed by atoms with Crippen molar-refractivity contribution >= 4 is 34.9 Å². The summed E-state index contributed by atoms with van der Waals surface area (Å²) in [5, 5.41) is 2.95. The highest BCUT2D eigenvalue weighted by molar-refractivity contribution is 6.04. The van der Waals surface area contributed by atoms with Gasteiger partial charge in [-0.15, -0.1) is 0 Å². The van der Waals surface area contributed by atoms with Crippen molar-refractivity contribution in [1.82, 2.24) is 14.8 Å². The van der Waals surface area contributed by atoms with E-state index >= 15 is 0 Å². The Morgan fingerprint density at radius 2 is 1.68 bits per heavy atom. The maximum absolute atomic E-state index is 12.7. The van der Waals surface area contributed by atoms with Crippen LogP contribution in [0.1, 0.15) is 31.9 Å². The second-order valence-corrected chi connectivity index (χ2v) is 10.8. The lowest BCUT2D eigenvalue weighted by Crippen LogP contribution is -2.49. The first kappa shape index (κ1) is 27.1. The number of nitrogens with zero attached hydrogens (tertiary/aromatic N) is 3. The zero-order valence-corrected chi connectivity index (χ0v) is 23.1. The number of rotatable bonds is 6. The van der Waals surface area contributed by atoms with Crippen molar-refractivity contribution in [2.45, 2.75) is 32.9 Å². The molecule has 0 unspecified atom stereocenters. The van der Waals surface area contributed by atoms with Gasteiger partial charge in [0, 0.05) is 38.8 Å². The molecule has 1 aromatic heterocycles. The van der Waals surface area contributed by atoms with E-state index in [0.29, 0.717) is 42.4 Å². The van der Waals surface area contributed by atoms with E-state index in [1.165, 1.54) is 6.08 Å². The molecule has 2 heterocycles. The SMILES string of the molecule is CC(C)(C)OC(=O)N1CCN(Cc2cccc3oc(-c4ccccc4NC(=O)/C=C/c4ccccc4)nc23)CC1. The lowest BCUT2D eigenvalue weighted by atomic mass is 10.1. The van der Waals surface area contributed by atoms with Crippen LogP contribution in [0.25, 0.3) is 28.6 Å². The second kappa shape index (κ2) is 11.8. The number of carbonyl (C=O) groups is 2. The molecule has 1 N–H and O–H groups in total. The van der Waals surface area contributed by atoms with Gasteiger partial charge < -0.3 is 19.4 Å². The molecule has 40 heavy (non-hydrogen) atoms. The van der Waals surface area contributed by atoms with E-state index in [2.05, 4.69) is 16.3 Å². The minimum atomic E-state index is -0.505. The third-order valence-electron chi connectivity index (χ3n) is 6.56. The van der Waals surface area contributed by atoms with Gasteiger partial charge in [0.05, 0.1) is 11.3 Å². The third-order valence-corrected chi connectivity index (χ3v) is 6.56. The van der Waals surface area contributed by atoms with Crippen molar-refractivity contribution in [2.24, 2.45) is 0 Å². The Labute approximate surface area is 234 Å². The number of amides is 2. The van der Waals surface area contributed by atoms with E-state index < -0.39 is 5.60 Å². The number of anilines is 1. The summed E-state index contributed by atoms with van der Waals surface area (Å²) in [5.74, 6) is 0.207. The molecule has 1 fully saturated rings. The number of fused-ring (bicyclic) bond motifs is 1. The first-order valence-corrected chi connectivity index (χ1v) is 13.5. The average Bonchev–Trinajstić information content (AvgIpc) is 3.38. The van der Waals surface area contributed by atoms with Gasteiger partial charge in [0.2, 0.25) is 11.8 Å². The zero-order chi connectivity index (χ0) is 28.1. The van der Waals surface area contributed by atoms with Gasteiger partial charge in [-0.25, -0.2) is 9.78 Å². The fourth-order valence-corrected chi connectivity index (χ4v) is 4.59. The minimum Gasteiger partial charge on any atom is -0.444 e. The standard InChI is InChI=1S/C32H34N4O4/c1-32(2,3)40-31(38)36-20-18-35(19-21-36)22-24-12-9-15-27-29(24)34-30(39-27)25-13-7-8-14-26(25)33-28(37)17-16-23-10-5-4-6-11-23/h4-17H,18-22H2,1-3H3,(H,33,37)/b17-16+. The molecule has 1 saturated heterocycles. The highest BCUT2D eigenvalue weighted by atomic mass is 16.6. The van der Waals surface area contributed by atoms with Crippen molar-refractivity contribution in [3.8, 4) is 11.5 Å². The molecule has 0 spiro atoms. The van der Waals surface area contributed by atoms with E-state index in [1.54, 1.807) is 11.0 Å². The normalized spacial score (nSPS) is 14.5. The highest BCUT2D eigenvalue weighted by Gasteiger charge is 2.26. The van der Waals surface area contributed by atoms with Crippen molar-refractivity contribution < 1.29 is 18.7 Å². The van der Waals surface area contributed by atoms with Gasteiger partial charge >= 0.3 is 6.09 Å². The molecule has 0 bridgehead atoms.